The van der Waals surface area contributed by atoms with Crippen molar-refractivity contribution in [3.8, 4) is 0 Å². The molecule has 0 unspecified atom stereocenters. The van der Waals surface area contributed by atoms with E-state index in [-0.39, 0.29) is 12.5 Å². The highest BCUT2D eigenvalue weighted by Gasteiger charge is 2.33. The van der Waals surface area contributed by atoms with Crippen LogP contribution in [0.4, 0.5) is 0 Å². The fraction of sp³-hybridized carbons (Fsp3) is 0.529. The minimum absolute atomic E-state index is 0.106. The van der Waals surface area contributed by atoms with Gasteiger partial charge in [0.1, 0.15) is 0 Å². The largest absolute Gasteiger partial charge is 0.480 e. The first-order chi connectivity index (χ1) is 11.4. The highest BCUT2D eigenvalue weighted by atomic mass is 79.9. The van der Waals surface area contributed by atoms with Crippen LogP contribution >= 0.6 is 15.9 Å². The standard InChI is InChI=1S/C17H23BrN2O4/c1-3-20(10-16(21)22)14-7-13(8-14)19-9-12-5-4-11(6-15(12)18)17(23)24-2/h4-6,13-14,19H,3,7-10H2,1-2H3,(H,21,22). The maximum atomic E-state index is 11.5. The van der Waals surface area contributed by atoms with Gasteiger partial charge in [0.2, 0.25) is 0 Å². The van der Waals surface area contributed by atoms with Crippen molar-refractivity contribution in [1.29, 1.82) is 0 Å². The summed E-state index contributed by atoms with van der Waals surface area (Å²) in [6.45, 7) is 3.55. The number of carboxylic acids is 1. The number of esters is 1. The van der Waals surface area contributed by atoms with Crippen LogP contribution < -0.4 is 5.32 Å². The van der Waals surface area contributed by atoms with E-state index < -0.39 is 5.97 Å². The minimum Gasteiger partial charge on any atom is -0.480 e. The molecular formula is C17H23BrN2O4. The van der Waals surface area contributed by atoms with Crippen LogP contribution in [-0.2, 0) is 16.1 Å². The summed E-state index contributed by atoms with van der Waals surface area (Å²) in [7, 11) is 1.36. The number of likely N-dealkylation sites (N-methyl/N-ethyl adjacent to an activating group) is 1. The number of nitrogens with one attached hydrogen (secondary N) is 1. The number of hydrogen-bond acceptors (Lipinski definition) is 5. The molecule has 0 amide bonds. The van der Waals surface area contributed by atoms with E-state index in [1.807, 2.05) is 17.9 Å². The molecule has 0 spiro atoms. The molecule has 1 aromatic carbocycles. The Bertz CT molecular complexity index is 602. The first-order valence-electron chi connectivity index (χ1n) is 8.00. The lowest BCUT2D eigenvalue weighted by atomic mass is 9.85. The summed E-state index contributed by atoms with van der Waals surface area (Å²) in [6.07, 6.45) is 1.91. The number of carboxylic acid groups (broad SMARTS) is 1. The van der Waals surface area contributed by atoms with Gasteiger partial charge in [0.25, 0.3) is 0 Å². The highest BCUT2D eigenvalue weighted by Crippen LogP contribution is 2.26. The number of halogens is 1. The fourth-order valence-electron chi connectivity index (χ4n) is 2.92. The van der Waals surface area contributed by atoms with E-state index in [1.54, 1.807) is 12.1 Å². The Morgan fingerprint density at radius 3 is 2.67 bits per heavy atom. The summed E-state index contributed by atoms with van der Waals surface area (Å²) in [6, 6.07) is 6.15. The maximum absolute atomic E-state index is 11.5. The third kappa shape index (κ3) is 4.78. The number of hydrogen-bond donors (Lipinski definition) is 2. The number of carbonyl (C=O) groups excluding carboxylic acids is 1. The van der Waals surface area contributed by atoms with Crippen molar-refractivity contribution in [3.05, 3.63) is 33.8 Å². The van der Waals surface area contributed by atoms with Crippen molar-refractivity contribution >= 4 is 27.9 Å². The van der Waals surface area contributed by atoms with Gasteiger partial charge in [0.15, 0.2) is 0 Å². The van der Waals surface area contributed by atoms with Gasteiger partial charge in [-0.3, -0.25) is 9.69 Å². The van der Waals surface area contributed by atoms with Gasteiger partial charge in [-0.15, -0.1) is 0 Å². The number of benzene rings is 1. The first kappa shape index (κ1) is 18.9. The van der Waals surface area contributed by atoms with Crippen LogP contribution in [0.15, 0.2) is 22.7 Å². The molecule has 0 aliphatic heterocycles. The van der Waals surface area contributed by atoms with E-state index in [0.29, 0.717) is 24.2 Å². The smallest absolute Gasteiger partial charge is 0.337 e. The van der Waals surface area contributed by atoms with Gasteiger partial charge >= 0.3 is 11.9 Å². The molecular weight excluding hydrogens is 376 g/mol. The summed E-state index contributed by atoms with van der Waals surface area (Å²) in [5.74, 6) is -1.13. The lowest BCUT2D eigenvalue weighted by Crippen LogP contribution is -2.53. The van der Waals surface area contributed by atoms with Crippen molar-refractivity contribution in [1.82, 2.24) is 10.2 Å². The second-order valence-corrected chi connectivity index (χ2v) is 6.81. The molecule has 6 nitrogen and oxygen atoms in total. The third-order valence-electron chi connectivity index (χ3n) is 4.43. The Morgan fingerprint density at radius 2 is 2.12 bits per heavy atom. The van der Waals surface area contributed by atoms with Crippen LogP contribution in [0.2, 0.25) is 0 Å². The topological polar surface area (TPSA) is 78.9 Å². The lowest BCUT2D eigenvalue weighted by Gasteiger charge is -2.42. The van der Waals surface area contributed by atoms with Gasteiger partial charge in [0, 0.05) is 23.1 Å². The zero-order chi connectivity index (χ0) is 17.7. The Hall–Kier alpha value is -1.44. The molecule has 0 heterocycles. The molecule has 1 saturated carbocycles. The van der Waals surface area contributed by atoms with Gasteiger partial charge in [0.05, 0.1) is 19.2 Å². The summed E-state index contributed by atoms with van der Waals surface area (Å²) in [4.78, 5) is 24.3. The van der Waals surface area contributed by atoms with Crippen LogP contribution in [0.3, 0.4) is 0 Å². The molecule has 0 saturated heterocycles. The number of methoxy groups -OCH3 is 1. The van der Waals surface area contributed by atoms with Crippen LogP contribution in [0, 0.1) is 0 Å². The monoisotopic (exact) mass is 398 g/mol. The van der Waals surface area contributed by atoms with E-state index >= 15 is 0 Å². The molecule has 0 atom stereocenters. The molecule has 0 aromatic heterocycles. The van der Waals surface area contributed by atoms with E-state index in [0.717, 1.165) is 29.4 Å². The first-order valence-corrected chi connectivity index (χ1v) is 8.79. The highest BCUT2D eigenvalue weighted by molar-refractivity contribution is 9.10. The Morgan fingerprint density at radius 1 is 1.42 bits per heavy atom. The van der Waals surface area contributed by atoms with Crippen molar-refractivity contribution in [2.24, 2.45) is 0 Å². The van der Waals surface area contributed by atoms with Gasteiger partial charge < -0.3 is 15.2 Å². The summed E-state index contributed by atoms with van der Waals surface area (Å²) >= 11 is 3.49. The van der Waals surface area contributed by atoms with Gasteiger partial charge in [-0.05, 0) is 37.1 Å². The molecule has 2 rings (SSSR count). The number of ether oxygens (including phenoxy) is 1. The number of nitrogens with zero attached hydrogens (tertiary/aromatic N) is 1. The predicted octanol–water partition coefficient (Wildman–Crippen LogP) is 2.26. The van der Waals surface area contributed by atoms with Crippen molar-refractivity contribution in [3.63, 3.8) is 0 Å². The molecule has 0 bridgehead atoms. The molecule has 1 fully saturated rings. The normalized spacial score (nSPS) is 19.8. The van der Waals surface area contributed by atoms with E-state index in [9.17, 15) is 9.59 Å². The summed E-state index contributed by atoms with van der Waals surface area (Å²) in [5.41, 5.74) is 1.59. The number of rotatable bonds is 8. The van der Waals surface area contributed by atoms with Gasteiger partial charge in [-0.1, -0.05) is 28.9 Å². The van der Waals surface area contributed by atoms with Crippen LogP contribution in [0.25, 0.3) is 0 Å². The minimum atomic E-state index is -0.775. The number of carbonyl (C=O) groups is 2. The quantitative estimate of drug-likeness (QED) is 0.653. The third-order valence-corrected chi connectivity index (χ3v) is 5.17. The lowest BCUT2D eigenvalue weighted by molar-refractivity contribution is -0.139. The Labute approximate surface area is 150 Å². The molecule has 24 heavy (non-hydrogen) atoms. The van der Waals surface area contributed by atoms with Crippen molar-refractivity contribution in [2.75, 3.05) is 20.2 Å². The molecule has 1 aliphatic rings. The molecule has 1 aliphatic carbocycles. The van der Waals surface area contributed by atoms with Crippen molar-refractivity contribution in [2.45, 2.75) is 38.4 Å². The second kappa shape index (κ2) is 8.60. The zero-order valence-electron chi connectivity index (χ0n) is 13.9. The zero-order valence-corrected chi connectivity index (χ0v) is 15.5. The van der Waals surface area contributed by atoms with Crippen LogP contribution in [0.1, 0.15) is 35.7 Å². The molecule has 2 N–H and O–H groups in total. The molecule has 7 heteroatoms. The van der Waals surface area contributed by atoms with Crippen molar-refractivity contribution < 1.29 is 19.4 Å². The second-order valence-electron chi connectivity index (χ2n) is 5.96. The number of aliphatic carboxylic acids is 1. The SMILES string of the molecule is CCN(CC(=O)O)C1CC(NCc2ccc(C(=O)OC)cc2Br)C1. The van der Waals surface area contributed by atoms with Crippen LogP contribution in [-0.4, -0.2) is 54.2 Å². The fourth-order valence-corrected chi connectivity index (χ4v) is 3.43. The molecule has 1 aromatic rings. The Kier molecular flexibility index (Phi) is 6.77. The average Bonchev–Trinajstić information content (AvgIpc) is 2.52. The molecule has 0 radical (unpaired) electrons. The predicted molar refractivity (Wildman–Crippen MR) is 94.0 cm³/mol. The summed E-state index contributed by atoms with van der Waals surface area (Å²) in [5, 5.41) is 12.4. The maximum Gasteiger partial charge on any atom is 0.337 e. The van der Waals surface area contributed by atoms with Gasteiger partial charge in [-0.2, -0.15) is 0 Å². The van der Waals surface area contributed by atoms with E-state index in [2.05, 4.69) is 21.2 Å². The Balaban J connectivity index is 1.81. The van der Waals surface area contributed by atoms with E-state index in [1.165, 1.54) is 7.11 Å². The van der Waals surface area contributed by atoms with Crippen LogP contribution in [0.5, 0.6) is 0 Å². The average molecular weight is 399 g/mol. The molecule has 132 valence electrons. The van der Waals surface area contributed by atoms with Gasteiger partial charge in [-0.25, -0.2) is 4.79 Å². The summed E-state index contributed by atoms with van der Waals surface area (Å²) < 4.78 is 5.58. The van der Waals surface area contributed by atoms with E-state index in [4.69, 9.17) is 9.84 Å².